The maximum Gasteiger partial charge on any atom is 0.246 e. The van der Waals surface area contributed by atoms with Crippen LogP contribution in [0.5, 0.6) is 0 Å². The highest BCUT2D eigenvalue weighted by atomic mass is 32.2. The number of hydrogen-bond donors (Lipinski definition) is 0. The second kappa shape index (κ2) is 5.40. The Morgan fingerprint density at radius 1 is 1.22 bits per heavy atom. The standard InChI is InChI=1S/C12H21N3O2S/c1-3-15-11(2)12(10-13-15)18(16,17)14-8-6-4-5-7-9-14/h10H,3-9H2,1-2H3. The molecule has 0 bridgehead atoms. The van der Waals surface area contributed by atoms with E-state index in [-0.39, 0.29) is 0 Å². The molecule has 0 aliphatic carbocycles. The monoisotopic (exact) mass is 271 g/mol. The van der Waals surface area contributed by atoms with Crippen LogP contribution in [-0.2, 0) is 16.6 Å². The summed E-state index contributed by atoms with van der Waals surface area (Å²) < 4.78 is 28.5. The van der Waals surface area contributed by atoms with E-state index in [2.05, 4.69) is 5.10 Å². The van der Waals surface area contributed by atoms with E-state index in [1.807, 2.05) is 13.8 Å². The van der Waals surface area contributed by atoms with Gasteiger partial charge >= 0.3 is 0 Å². The van der Waals surface area contributed by atoms with Crippen molar-refractivity contribution in [3.05, 3.63) is 11.9 Å². The van der Waals surface area contributed by atoms with Crippen molar-refractivity contribution in [2.75, 3.05) is 13.1 Å². The minimum atomic E-state index is -3.36. The number of nitrogens with zero attached hydrogens (tertiary/aromatic N) is 3. The summed E-state index contributed by atoms with van der Waals surface area (Å²) in [6.07, 6.45) is 5.65. The molecule has 1 fully saturated rings. The second-order valence-electron chi connectivity index (χ2n) is 4.73. The summed E-state index contributed by atoms with van der Waals surface area (Å²) in [5.74, 6) is 0. The van der Waals surface area contributed by atoms with E-state index in [9.17, 15) is 8.42 Å². The average molecular weight is 271 g/mol. The lowest BCUT2D eigenvalue weighted by Gasteiger charge is -2.19. The smallest absolute Gasteiger partial charge is 0.246 e. The van der Waals surface area contributed by atoms with Crippen LogP contribution in [0, 0.1) is 6.92 Å². The van der Waals surface area contributed by atoms with E-state index >= 15 is 0 Å². The van der Waals surface area contributed by atoms with Crippen LogP contribution in [-0.4, -0.2) is 35.6 Å². The number of aryl methyl sites for hydroxylation is 1. The molecule has 0 spiro atoms. The number of rotatable bonds is 3. The van der Waals surface area contributed by atoms with E-state index in [1.54, 1.807) is 8.99 Å². The third-order valence-corrected chi connectivity index (χ3v) is 5.54. The molecule has 5 nitrogen and oxygen atoms in total. The fourth-order valence-electron chi connectivity index (χ4n) is 2.42. The lowest BCUT2D eigenvalue weighted by Crippen LogP contribution is -2.32. The van der Waals surface area contributed by atoms with Crippen LogP contribution in [0.15, 0.2) is 11.1 Å². The minimum absolute atomic E-state index is 0.367. The molecule has 0 radical (unpaired) electrons. The van der Waals surface area contributed by atoms with Crippen molar-refractivity contribution in [2.24, 2.45) is 0 Å². The summed E-state index contributed by atoms with van der Waals surface area (Å²) in [5, 5.41) is 4.13. The van der Waals surface area contributed by atoms with Crippen molar-refractivity contribution in [2.45, 2.75) is 51.0 Å². The molecule has 0 amide bonds. The summed E-state index contributed by atoms with van der Waals surface area (Å²) in [4.78, 5) is 0.367. The maximum absolute atomic E-state index is 12.6. The highest BCUT2D eigenvalue weighted by Gasteiger charge is 2.28. The first-order chi connectivity index (χ1) is 8.57. The highest BCUT2D eigenvalue weighted by molar-refractivity contribution is 7.89. The van der Waals surface area contributed by atoms with Crippen LogP contribution < -0.4 is 0 Å². The summed E-state index contributed by atoms with van der Waals surface area (Å²) in [6, 6.07) is 0. The molecular formula is C12H21N3O2S. The molecule has 0 atom stereocenters. The van der Waals surface area contributed by atoms with E-state index in [0.29, 0.717) is 24.5 Å². The SMILES string of the molecule is CCn1ncc(S(=O)(=O)N2CCCCCC2)c1C. The molecule has 1 aromatic heterocycles. The van der Waals surface area contributed by atoms with Crippen LogP contribution in [0.25, 0.3) is 0 Å². The lowest BCUT2D eigenvalue weighted by atomic mass is 10.2. The van der Waals surface area contributed by atoms with Gasteiger partial charge in [0.05, 0.1) is 11.9 Å². The molecule has 1 aliphatic rings. The molecule has 6 heteroatoms. The van der Waals surface area contributed by atoms with Crippen LogP contribution in [0.4, 0.5) is 0 Å². The molecule has 2 rings (SSSR count). The van der Waals surface area contributed by atoms with E-state index in [0.717, 1.165) is 31.4 Å². The Morgan fingerprint density at radius 3 is 2.33 bits per heavy atom. The maximum atomic E-state index is 12.6. The average Bonchev–Trinajstić information content (AvgIpc) is 2.56. The highest BCUT2D eigenvalue weighted by Crippen LogP contribution is 2.22. The van der Waals surface area contributed by atoms with Crippen molar-refractivity contribution in [3.8, 4) is 0 Å². The van der Waals surface area contributed by atoms with Gasteiger partial charge in [-0.15, -0.1) is 0 Å². The van der Waals surface area contributed by atoms with Crippen molar-refractivity contribution in [1.82, 2.24) is 14.1 Å². The third-order valence-electron chi connectivity index (χ3n) is 3.54. The normalized spacial score (nSPS) is 18.8. The molecule has 1 saturated heterocycles. The largest absolute Gasteiger partial charge is 0.269 e. The lowest BCUT2D eigenvalue weighted by molar-refractivity contribution is 0.423. The fraction of sp³-hybridized carbons (Fsp3) is 0.750. The molecule has 102 valence electrons. The van der Waals surface area contributed by atoms with Crippen molar-refractivity contribution in [1.29, 1.82) is 0 Å². The number of hydrogen-bond acceptors (Lipinski definition) is 3. The van der Waals surface area contributed by atoms with Gasteiger partial charge in [-0.25, -0.2) is 8.42 Å². The molecule has 1 aromatic rings. The topological polar surface area (TPSA) is 55.2 Å². The Hall–Kier alpha value is -0.880. The summed E-state index contributed by atoms with van der Waals surface area (Å²) >= 11 is 0. The van der Waals surface area contributed by atoms with Gasteiger partial charge < -0.3 is 0 Å². The Kier molecular flexibility index (Phi) is 4.07. The molecule has 0 aromatic carbocycles. The van der Waals surface area contributed by atoms with Crippen molar-refractivity contribution < 1.29 is 8.42 Å². The fourth-order valence-corrected chi connectivity index (χ4v) is 4.10. The van der Waals surface area contributed by atoms with Gasteiger partial charge in [-0.1, -0.05) is 12.8 Å². The summed E-state index contributed by atoms with van der Waals surface area (Å²) in [6.45, 7) is 5.75. The molecule has 0 unspecified atom stereocenters. The van der Waals surface area contributed by atoms with Crippen LogP contribution in [0.3, 0.4) is 0 Å². The molecule has 0 saturated carbocycles. The zero-order valence-corrected chi connectivity index (χ0v) is 11.9. The van der Waals surface area contributed by atoms with E-state index < -0.39 is 10.0 Å². The van der Waals surface area contributed by atoms with Gasteiger partial charge in [0.1, 0.15) is 4.90 Å². The molecule has 1 aliphatic heterocycles. The predicted molar refractivity (Wildman–Crippen MR) is 69.9 cm³/mol. The Labute approximate surface area is 109 Å². The number of aromatic nitrogens is 2. The molecular weight excluding hydrogens is 250 g/mol. The van der Waals surface area contributed by atoms with E-state index in [1.165, 1.54) is 6.20 Å². The Balaban J connectivity index is 2.31. The van der Waals surface area contributed by atoms with Crippen LogP contribution in [0.1, 0.15) is 38.3 Å². The summed E-state index contributed by atoms with van der Waals surface area (Å²) in [7, 11) is -3.36. The first-order valence-corrected chi connectivity index (χ1v) is 8.04. The second-order valence-corrected chi connectivity index (χ2v) is 6.63. The zero-order valence-electron chi connectivity index (χ0n) is 11.1. The van der Waals surface area contributed by atoms with Crippen molar-refractivity contribution >= 4 is 10.0 Å². The first kappa shape index (κ1) is 13.5. The Morgan fingerprint density at radius 2 is 1.83 bits per heavy atom. The molecule has 2 heterocycles. The number of sulfonamides is 1. The predicted octanol–water partition coefficient (Wildman–Crippen LogP) is 1.78. The van der Waals surface area contributed by atoms with E-state index in [4.69, 9.17) is 0 Å². The molecule has 0 N–H and O–H groups in total. The zero-order chi connectivity index (χ0) is 13.2. The first-order valence-electron chi connectivity index (χ1n) is 6.60. The molecule has 18 heavy (non-hydrogen) atoms. The van der Waals surface area contributed by atoms with Gasteiger partial charge in [-0.2, -0.15) is 9.40 Å². The van der Waals surface area contributed by atoms with Gasteiger partial charge in [0.2, 0.25) is 10.0 Å². The van der Waals surface area contributed by atoms with Gasteiger partial charge in [0, 0.05) is 19.6 Å². The Bertz CT molecular complexity index is 499. The van der Waals surface area contributed by atoms with Crippen molar-refractivity contribution in [3.63, 3.8) is 0 Å². The quantitative estimate of drug-likeness (QED) is 0.842. The van der Waals surface area contributed by atoms with Crippen LogP contribution >= 0.6 is 0 Å². The summed E-state index contributed by atoms with van der Waals surface area (Å²) in [5.41, 5.74) is 0.738. The van der Waals surface area contributed by atoms with Gasteiger partial charge in [0.25, 0.3) is 0 Å². The third kappa shape index (κ3) is 2.44. The van der Waals surface area contributed by atoms with Gasteiger partial charge in [-0.3, -0.25) is 4.68 Å². The van der Waals surface area contributed by atoms with Gasteiger partial charge in [-0.05, 0) is 26.7 Å². The van der Waals surface area contributed by atoms with Crippen LogP contribution in [0.2, 0.25) is 0 Å². The minimum Gasteiger partial charge on any atom is -0.269 e. The van der Waals surface area contributed by atoms with Gasteiger partial charge in [0.15, 0.2) is 0 Å².